The summed E-state index contributed by atoms with van der Waals surface area (Å²) in [5.74, 6) is -0.464. The number of nitrogens with one attached hydrogen (secondary N) is 1. The van der Waals surface area contributed by atoms with Gasteiger partial charge in [-0.05, 0) is 24.7 Å². The first-order valence-corrected chi connectivity index (χ1v) is 7.08. The molecule has 0 bridgehead atoms. The molecule has 1 saturated heterocycles. The molecular formula is C15H17FN6. The van der Waals surface area contributed by atoms with Gasteiger partial charge in [-0.1, -0.05) is 6.92 Å². The predicted octanol–water partition coefficient (Wildman–Crippen LogP) is 1.78. The Bertz CT molecular complexity index is 618. The molecule has 0 radical (unpaired) electrons. The van der Waals surface area contributed by atoms with E-state index in [1.807, 2.05) is 0 Å². The third-order valence-electron chi connectivity index (χ3n) is 3.64. The number of piperazine rings is 1. The van der Waals surface area contributed by atoms with Crippen molar-refractivity contribution in [3.63, 3.8) is 0 Å². The van der Waals surface area contributed by atoms with Crippen molar-refractivity contribution in [1.29, 1.82) is 10.5 Å². The molecule has 0 unspecified atom stereocenters. The molecule has 0 amide bonds. The molecule has 0 spiro atoms. The van der Waals surface area contributed by atoms with Crippen LogP contribution in [0.25, 0.3) is 0 Å². The highest BCUT2D eigenvalue weighted by Gasteiger charge is 2.16. The molecule has 1 aromatic rings. The molecule has 1 fully saturated rings. The third kappa shape index (κ3) is 3.72. The number of nitriles is 2. The molecule has 114 valence electrons. The van der Waals surface area contributed by atoms with E-state index in [0.29, 0.717) is 0 Å². The summed E-state index contributed by atoms with van der Waals surface area (Å²) in [6.45, 7) is 6.83. The van der Waals surface area contributed by atoms with Crippen LogP contribution in [0.2, 0.25) is 0 Å². The van der Waals surface area contributed by atoms with E-state index < -0.39 is 5.82 Å². The number of rotatable bonds is 4. The van der Waals surface area contributed by atoms with Crippen LogP contribution in [0.5, 0.6) is 0 Å². The summed E-state index contributed by atoms with van der Waals surface area (Å²) in [6, 6.07) is 8.02. The van der Waals surface area contributed by atoms with Gasteiger partial charge in [0.25, 0.3) is 0 Å². The van der Waals surface area contributed by atoms with Gasteiger partial charge in [-0.3, -0.25) is 5.43 Å². The zero-order chi connectivity index (χ0) is 15.9. The van der Waals surface area contributed by atoms with Gasteiger partial charge < -0.3 is 9.80 Å². The van der Waals surface area contributed by atoms with Gasteiger partial charge in [-0.15, -0.1) is 0 Å². The maximum Gasteiger partial charge on any atom is 0.237 e. The lowest BCUT2D eigenvalue weighted by Crippen LogP contribution is -2.46. The largest absolute Gasteiger partial charge is 0.369 e. The molecule has 0 atom stereocenters. The van der Waals surface area contributed by atoms with Crippen molar-refractivity contribution in [3.05, 3.63) is 24.0 Å². The van der Waals surface area contributed by atoms with E-state index in [4.69, 9.17) is 10.5 Å². The lowest BCUT2D eigenvalue weighted by Gasteiger charge is -2.35. The number of hydrogen-bond acceptors (Lipinski definition) is 6. The van der Waals surface area contributed by atoms with Crippen LogP contribution in [0.15, 0.2) is 23.3 Å². The number of anilines is 2. The zero-order valence-electron chi connectivity index (χ0n) is 12.4. The van der Waals surface area contributed by atoms with Crippen LogP contribution in [0.3, 0.4) is 0 Å². The molecule has 6 nitrogen and oxygen atoms in total. The molecular weight excluding hydrogens is 283 g/mol. The standard InChI is InChI=1S/C15H17FN6/c1-2-21-5-7-22(8-6-21)13-3-4-15(14(16)9-13)20-19-12(10-17)11-18/h3-4,9,20H,2,5-8H2,1H3. The number of benzene rings is 1. The summed E-state index contributed by atoms with van der Waals surface area (Å²) in [6.07, 6.45) is 0. The fourth-order valence-corrected chi connectivity index (χ4v) is 2.30. The minimum atomic E-state index is -0.464. The highest BCUT2D eigenvalue weighted by Crippen LogP contribution is 2.23. The molecule has 1 heterocycles. The van der Waals surface area contributed by atoms with Gasteiger partial charge in [-0.2, -0.15) is 15.6 Å². The Morgan fingerprint density at radius 1 is 1.27 bits per heavy atom. The molecule has 1 N–H and O–H groups in total. The second kappa shape index (κ2) is 7.39. The molecule has 2 rings (SSSR count). The van der Waals surface area contributed by atoms with Crippen LogP contribution >= 0.6 is 0 Å². The first kappa shape index (κ1) is 15.7. The fraction of sp³-hybridized carbons (Fsp3) is 0.400. The Labute approximate surface area is 129 Å². The van der Waals surface area contributed by atoms with Crippen molar-refractivity contribution in [2.45, 2.75) is 6.92 Å². The van der Waals surface area contributed by atoms with E-state index in [-0.39, 0.29) is 11.4 Å². The van der Waals surface area contributed by atoms with Crippen LogP contribution in [0.4, 0.5) is 15.8 Å². The molecule has 1 aliphatic rings. The second-order valence-electron chi connectivity index (χ2n) is 4.88. The smallest absolute Gasteiger partial charge is 0.237 e. The molecule has 1 aliphatic heterocycles. The summed E-state index contributed by atoms with van der Waals surface area (Å²) in [5, 5.41) is 20.7. The van der Waals surface area contributed by atoms with Crippen molar-refractivity contribution in [2.75, 3.05) is 43.0 Å². The van der Waals surface area contributed by atoms with Gasteiger partial charge in [0, 0.05) is 31.9 Å². The zero-order valence-corrected chi connectivity index (χ0v) is 12.4. The highest BCUT2D eigenvalue weighted by atomic mass is 19.1. The van der Waals surface area contributed by atoms with Crippen molar-refractivity contribution in [2.24, 2.45) is 5.10 Å². The number of halogens is 1. The Balaban J connectivity index is 2.06. The predicted molar refractivity (Wildman–Crippen MR) is 83.0 cm³/mol. The summed E-state index contributed by atoms with van der Waals surface area (Å²) in [4.78, 5) is 4.49. The van der Waals surface area contributed by atoms with Gasteiger partial charge in [0.2, 0.25) is 5.71 Å². The molecule has 7 heteroatoms. The number of hydrogen-bond donors (Lipinski definition) is 1. The van der Waals surface area contributed by atoms with E-state index in [0.717, 1.165) is 38.4 Å². The van der Waals surface area contributed by atoms with E-state index >= 15 is 0 Å². The molecule has 0 aromatic heterocycles. The highest BCUT2D eigenvalue weighted by molar-refractivity contribution is 6.10. The van der Waals surface area contributed by atoms with Crippen LogP contribution in [0, 0.1) is 28.5 Å². The topological polar surface area (TPSA) is 78.4 Å². The first-order chi connectivity index (χ1) is 10.7. The van der Waals surface area contributed by atoms with Crippen LogP contribution in [-0.2, 0) is 0 Å². The molecule has 0 saturated carbocycles. The number of hydrazone groups is 1. The Hall–Kier alpha value is -2.64. The average molecular weight is 300 g/mol. The van der Waals surface area contributed by atoms with Crippen molar-refractivity contribution in [1.82, 2.24) is 4.90 Å². The van der Waals surface area contributed by atoms with Crippen LogP contribution < -0.4 is 10.3 Å². The number of likely N-dealkylation sites (N-methyl/N-ethyl adjacent to an activating group) is 1. The summed E-state index contributed by atoms with van der Waals surface area (Å²) in [5.41, 5.74) is 3.02. The maximum absolute atomic E-state index is 14.1. The van der Waals surface area contributed by atoms with E-state index in [1.165, 1.54) is 6.07 Å². The third-order valence-corrected chi connectivity index (χ3v) is 3.64. The monoisotopic (exact) mass is 300 g/mol. The first-order valence-electron chi connectivity index (χ1n) is 7.08. The van der Waals surface area contributed by atoms with E-state index in [2.05, 4.69) is 27.3 Å². The minimum absolute atomic E-state index is 0.138. The van der Waals surface area contributed by atoms with Gasteiger partial charge in [0.05, 0.1) is 5.69 Å². The average Bonchev–Trinajstić information content (AvgIpc) is 2.57. The Morgan fingerprint density at radius 2 is 1.95 bits per heavy atom. The maximum atomic E-state index is 14.1. The summed E-state index contributed by atoms with van der Waals surface area (Å²) < 4.78 is 14.1. The minimum Gasteiger partial charge on any atom is -0.369 e. The lowest BCUT2D eigenvalue weighted by atomic mass is 10.2. The van der Waals surface area contributed by atoms with Crippen molar-refractivity contribution in [3.8, 4) is 12.1 Å². The molecule has 22 heavy (non-hydrogen) atoms. The van der Waals surface area contributed by atoms with Gasteiger partial charge >= 0.3 is 0 Å². The summed E-state index contributed by atoms with van der Waals surface area (Å²) >= 11 is 0. The van der Waals surface area contributed by atoms with Gasteiger partial charge in [0.1, 0.15) is 18.0 Å². The Kier molecular flexibility index (Phi) is 5.29. The quantitative estimate of drug-likeness (QED) is 0.677. The van der Waals surface area contributed by atoms with Gasteiger partial charge in [0.15, 0.2) is 0 Å². The number of nitrogens with zero attached hydrogens (tertiary/aromatic N) is 5. The van der Waals surface area contributed by atoms with E-state index in [9.17, 15) is 4.39 Å². The lowest BCUT2D eigenvalue weighted by molar-refractivity contribution is 0.271. The summed E-state index contributed by atoms with van der Waals surface area (Å²) in [7, 11) is 0. The molecule has 1 aromatic carbocycles. The van der Waals surface area contributed by atoms with Crippen molar-refractivity contribution < 1.29 is 4.39 Å². The molecule has 0 aliphatic carbocycles. The van der Waals surface area contributed by atoms with Gasteiger partial charge in [-0.25, -0.2) is 4.39 Å². The second-order valence-corrected chi connectivity index (χ2v) is 4.88. The van der Waals surface area contributed by atoms with Crippen molar-refractivity contribution >= 4 is 17.1 Å². The fourth-order valence-electron chi connectivity index (χ4n) is 2.30. The van der Waals surface area contributed by atoms with Crippen LogP contribution in [-0.4, -0.2) is 43.3 Å². The SMILES string of the molecule is CCN1CCN(c2ccc(NN=C(C#N)C#N)c(F)c2)CC1. The normalized spacial score (nSPS) is 14.8. The van der Waals surface area contributed by atoms with Crippen LogP contribution in [0.1, 0.15) is 6.92 Å². The van der Waals surface area contributed by atoms with E-state index in [1.54, 1.807) is 24.3 Å². The Morgan fingerprint density at radius 3 is 2.50 bits per heavy atom.